The molecule has 0 aliphatic carbocycles. The summed E-state index contributed by atoms with van der Waals surface area (Å²) in [5, 5.41) is 4.22. The standard InChI is InChI=1S/C14H18BrClN2.2ClH/c1-2-3-14(18-8-6-17-7-9-18)12-10-11(15)4-5-13(12)16;;/h2,4-5,10,14,17H,1,3,6-9H2;2*1H/t14-;;/m0../s1. The molecule has 1 heterocycles. The van der Waals surface area contributed by atoms with Crippen LogP contribution in [0.25, 0.3) is 0 Å². The molecule has 0 spiro atoms. The highest BCUT2D eigenvalue weighted by Crippen LogP contribution is 2.32. The summed E-state index contributed by atoms with van der Waals surface area (Å²) in [4.78, 5) is 2.48. The number of nitrogens with zero attached hydrogens (tertiary/aromatic N) is 1. The van der Waals surface area contributed by atoms with E-state index in [0.29, 0.717) is 6.04 Å². The lowest BCUT2D eigenvalue weighted by molar-refractivity contribution is 0.174. The van der Waals surface area contributed by atoms with Crippen LogP contribution in [-0.4, -0.2) is 31.1 Å². The summed E-state index contributed by atoms with van der Waals surface area (Å²) < 4.78 is 1.08. The van der Waals surface area contributed by atoms with Gasteiger partial charge in [0.1, 0.15) is 0 Å². The second kappa shape index (κ2) is 10.0. The Labute approximate surface area is 146 Å². The van der Waals surface area contributed by atoms with E-state index in [0.717, 1.165) is 42.1 Å². The molecule has 0 unspecified atom stereocenters. The van der Waals surface area contributed by atoms with Crippen LogP contribution < -0.4 is 5.32 Å². The molecule has 2 rings (SSSR count). The topological polar surface area (TPSA) is 15.3 Å². The molecule has 1 atom stereocenters. The fourth-order valence-corrected chi connectivity index (χ4v) is 3.02. The van der Waals surface area contributed by atoms with E-state index in [1.54, 1.807) is 0 Å². The maximum absolute atomic E-state index is 6.35. The van der Waals surface area contributed by atoms with Crippen molar-refractivity contribution < 1.29 is 0 Å². The van der Waals surface area contributed by atoms with Crippen LogP contribution in [0, 0.1) is 0 Å². The molecule has 1 fully saturated rings. The Morgan fingerprint density at radius 1 is 1.35 bits per heavy atom. The van der Waals surface area contributed by atoms with Gasteiger partial charge in [-0.15, -0.1) is 31.4 Å². The van der Waals surface area contributed by atoms with Crippen molar-refractivity contribution in [3.63, 3.8) is 0 Å². The SMILES string of the molecule is C=CC[C@@H](c1cc(Br)ccc1Cl)N1CCNCC1.Cl.Cl. The second-order valence-electron chi connectivity index (χ2n) is 4.49. The van der Waals surface area contributed by atoms with Crippen LogP contribution in [0.3, 0.4) is 0 Å². The summed E-state index contributed by atoms with van der Waals surface area (Å²) >= 11 is 9.87. The van der Waals surface area contributed by atoms with Gasteiger partial charge in [-0.25, -0.2) is 0 Å². The molecule has 1 aliphatic rings. The Hall–Kier alpha value is 0.230. The molecular formula is C14H20BrCl3N2. The van der Waals surface area contributed by atoms with Gasteiger partial charge in [-0.3, -0.25) is 4.90 Å². The molecule has 2 nitrogen and oxygen atoms in total. The zero-order valence-corrected chi connectivity index (χ0v) is 15.1. The van der Waals surface area contributed by atoms with E-state index < -0.39 is 0 Å². The second-order valence-corrected chi connectivity index (χ2v) is 5.81. The average Bonchev–Trinajstić information content (AvgIpc) is 2.40. The van der Waals surface area contributed by atoms with Crippen molar-refractivity contribution in [3.05, 3.63) is 45.9 Å². The van der Waals surface area contributed by atoms with Crippen LogP contribution in [0.4, 0.5) is 0 Å². The monoisotopic (exact) mass is 400 g/mol. The van der Waals surface area contributed by atoms with Gasteiger partial charge in [-0.05, 0) is 30.2 Å². The Kier molecular flexibility index (Phi) is 10.2. The maximum atomic E-state index is 6.35. The van der Waals surface area contributed by atoms with Gasteiger partial charge in [0.2, 0.25) is 0 Å². The molecular weight excluding hydrogens is 382 g/mol. The van der Waals surface area contributed by atoms with Crippen molar-refractivity contribution in [2.24, 2.45) is 0 Å². The number of hydrogen-bond acceptors (Lipinski definition) is 2. The van der Waals surface area contributed by atoms with E-state index in [2.05, 4.69) is 38.8 Å². The number of benzene rings is 1. The first-order valence-electron chi connectivity index (χ1n) is 6.23. The molecule has 1 N–H and O–H groups in total. The number of halogens is 4. The highest BCUT2D eigenvalue weighted by Gasteiger charge is 2.22. The predicted octanol–water partition coefficient (Wildman–Crippen LogP) is 4.47. The van der Waals surface area contributed by atoms with Crippen LogP contribution in [0.15, 0.2) is 35.3 Å². The molecule has 1 aliphatic heterocycles. The first kappa shape index (κ1) is 20.2. The Balaban J connectivity index is 0.00000180. The van der Waals surface area contributed by atoms with Crippen LogP contribution in [-0.2, 0) is 0 Å². The molecule has 0 amide bonds. The lowest BCUT2D eigenvalue weighted by Gasteiger charge is -2.35. The molecule has 20 heavy (non-hydrogen) atoms. The smallest absolute Gasteiger partial charge is 0.0454 e. The molecule has 0 aromatic heterocycles. The molecule has 0 saturated carbocycles. The van der Waals surface area contributed by atoms with Crippen molar-refractivity contribution in [3.8, 4) is 0 Å². The van der Waals surface area contributed by atoms with Crippen LogP contribution in [0.5, 0.6) is 0 Å². The summed E-state index contributed by atoms with van der Waals surface area (Å²) in [5.74, 6) is 0. The lowest BCUT2D eigenvalue weighted by Crippen LogP contribution is -2.45. The molecule has 0 radical (unpaired) electrons. The number of hydrogen-bond donors (Lipinski definition) is 1. The minimum Gasteiger partial charge on any atom is -0.314 e. The zero-order valence-electron chi connectivity index (χ0n) is 11.1. The fourth-order valence-electron chi connectivity index (χ4n) is 2.39. The number of nitrogens with one attached hydrogen (secondary N) is 1. The van der Waals surface area contributed by atoms with E-state index >= 15 is 0 Å². The van der Waals surface area contributed by atoms with Gasteiger partial charge in [-0.1, -0.05) is 33.6 Å². The molecule has 114 valence electrons. The van der Waals surface area contributed by atoms with Crippen LogP contribution in [0.2, 0.25) is 5.02 Å². The summed E-state index contributed by atoms with van der Waals surface area (Å²) in [7, 11) is 0. The average molecular weight is 403 g/mol. The third-order valence-corrected chi connectivity index (χ3v) is 4.14. The zero-order chi connectivity index (χ0) is 13.0. The van der Waals surface area contributed by atoms with Gasteiger partial charge in [0.15, 0.2) is 0 Å². The van der Waals surface area contributed by atoms with E-state index in [1.807, 2.05) is 18.2 Å². The summed E-state index contributed by atoms with van der Waals surface area (Å²) in [5.41, 5.74) is 1.19. The predicted molar refractivity (Wildman–Crippen MR) is 95.6 cm³/mol. The van der Waals surface area contributed by atoms with Crippen molar-refractivity contribution in [1.82, 2.24) is 10.2 Å². The summed E-state index contributed by atoms with van der Waals surface area (Å²) in [6.45, 7) is 8.07. The maximum Gasteiger partial charge on any atom is 0.0454 e. The Morgan fingerprint density at radius 2 is 2.00 bits per heavy atom. The molecule has 1 saturated heterocycles. The van der Waals surface area contributed by atoms with Crippen molar-refractivity contribution in [2.75, 3.05) is 26.2 Å². The normalized spacial score (nSPS) is 16.7. The minimum absolute atomic E-state index is 0. The molecule has 1 aromatic rings. The van der Waals surface area contributed by atoms with Crippen molar-refractivity contribution >= 4 is 52.3 Å². The fraction of sp³-hybridized carbons (Fsp3) is 0.429. The van der Waals surface area contributed by atoms with Gasteiger partial charge < -0.3 is 5.32 Å². The van der Waals surface area contributed by atoms with Crippen molar-refractivity contribution in [1.29, 1.82) is 0 Å². The van der Waals surface area contributed by atoms with Crippen molar-refractivity contribution in [2.45, 2.75) is 12.5 Å². The quantitative estimate of drug-likeness (QED) is 0.748. The summed E-state index contributed by atoms with van der Waals surface area (Å²) in [6, 6.07) is 6.39. The molecule has 0 bridgehead atoms. The Bertz CT molecular complexity index is 423. The molecule has 6 heteroatoms. The minimum atomic E-state index is 0. The molecule has 1 aromatic carbocycles. The van der Waals surface area contributed by atoms with E-state index in [9.17, 15) is 0 Å². The highest BCUT2D eigenvalue weighted by atomic mass is 79.9. The largest absolute Gasteiger partial charge is 0.314 e. The number of rotatable bonds is 4. The van der Waals surface area contributed by atoms with Crippen LogP contribution >= 0.6 is 52.3 Å². The lowest BCUT2D eigenvalue weighted by atomic mass is 10.0. The van der Waals surface area contributed by atoms with Crippen LogP contribution in [0.1, 0.15) is 18.0 Å². The third-order valence-electron chi connectivity index (χ3n) is 3.30. The summed E-state index contributed by atoms with van der Waals surface area (Å²) in [6.07, 6.45) is 2.90. The van der Waals surface area contributed by atoms with Gasteiger partial charge in [0.05, 0.1) is 0 Å². The third kappa shape index (κ3) is 5.21. The van der Waals surface area contributed by atoms with Gasteiger partial charge in [0.25, 0.3) is 0 Å². The first-order valence-corrected chi connectivity index (χ1v) is 7.40. The highest BCUT2D eigenvalue weighted by molar-refractivity contribution is 9.10. The van der Waals surface area contributed by atoms with E-state index in [1.165, 1.54) is 5.56 Å². The van der Waals surface area contributed by atoms with Gasteiger partial charge in [-0.2, -0.15) is 0 Å². The van der Waals surface area contributed by atoms with Gasteiger partial charge in [0, 0.05) is 41.7 Å². The Morgan fingerprint density at radius 3 is 2.60 bits per heavy atom. The number of piperazine rings is 1. The first-order chi connectivity index (χ1) is 8.72. The van der Waals surface area contributed by atoms with E-state index in [4.69, 9.17) is 11.6 Å². The van der Waals surface area contributed by atoms with E-state index in [-0.39, 0.29) is 24.8 Å². The van der Waals surface area contributed by atoms with Gasteiger partial charge >= 0.3 is 0 Å².